The van der Waals surface area contributed by atoms with E-state index in [0.29, 0.717) is 5.92 Å². The summed E-state index contributed by atoms with van der Waals surface area (Å²) in [5.41, 5.74) is 4.55. The molecule has 0 aliphatic heterocycles. The molecule has 1 heterocycles. The Labute approximate surface area is 117 Å². The minimum absolute atomic E-state index is 0.512. The van der Waals surface area contributed by atoms with Gasteiger partial charge >= 0.3 is 0 Å². The third kappa shape index (κ3) is 2.24. The number of hydrogen-bond donors (Lipinski definition) is 0. The van der Waals surface area contributed by atoms with Crippen LogP contribution in [0.15, 0.2) is 48.8 Å². The molecule has 0 saturated carbocycles. The maximum Gasteiger partial charge on any atom is 0.100 e. The summed E-state index contributed by atoms with van der Waals surface area (Å²) >= 11 is 5.93. The summed E-state index contributed by atoms with van der Waals surface area (Å²) in [6, 6.07) is 14.2. The Morgan fingerprint density at radius 2 is 1.79 bits per heavy atom. The Kier molecular flexibility index (Phi) is 3.03. The van der Waals surface area contributed by atoms with Crippen molar-refractivity contribution in [3.05, 3.63) is 59.4 Å². The summed E-state index contributed by atoms with van der Waals surface area (Å²) in [5.74, 6) is 0.512. The molecule has 2 aromatic carbocycles. The van der Waals surface area contributed by atoms with Crippen LogP contribution < -0.4 is 0 Å². The number of hydrogen-bond acceptors (Lipinski definition) is 1. The molecule has 3 heteroatoms. The number of rotatable bonds is 2. The highest BCUT2D eigenvalue weighted by molar-refractivity contribution is 6.30. The maximum atomic E-state index is 5.93. The normalized spacial score (nSPS) is 11.4. The van der Waals surface area contributed by atoms with Gasteiger partial charge in [0, 0.05) is 10.7 Å². The SMILES string of the molecule is CC(C)c1ccc2ncn(-c3ccc(Cl)cc3)c2c1. The molecular weight excluding hydrogens is 256 g/mol. The van der Waals surface area contributed by atoms with Gasteiger partial charge in [0.1, 0.15) is 6.33 Å². The van der Waals surface area contributed by atoms with E-state index in [1.54, 1.807) is 0 Å². The molecule has 0 radical (unpaired) electrons. The van der Waals surface area contributed by atoms with Gasteiger partial charge in [0.15, 0.2) is 0 Å². The van der Waals surface area contributed by atoms with Crippen LogP contribution in [-0.4, -0.2) is 9.55 Å². The second-order valence-electron chi connectivity index (χ2n) is 4.99. The Morgan fingerprint density at radius 1 is 1.05 bits per heavy atom. The van der Waals surface area contributed by atoms with Gasteiger partial charge in [-0.2, -0.15) is 0 Å². The fraction of sp³-hybridized carbons (Fsp3) is 0.188. The van der Waals surface area contributed by atoms with Crippen molar-refractivity contribution in [3.8, 4) is 5.69 Å². The molecule has 3 rings (SSSR count). The molecule has 96 valence electrons. The maximum absolute atomic E-state index is 5.93. The molecule has 0 bridgehead atoms. The summed E-state index contributed by atoms with van der Waals surface area (Å²) in [6.07, 6.45) is 1.86. The number of nitrogens with zero attached hydrogens (tertiary/aromatic N) is 2. The Hall–Kier alpha value is -1.80. The van der Waals surface area contributed by atoms with Crippen LogP contribution in [0.2, 0.25) is 5.02 Å². The molecule has 0 saturated heterocycles. The lowest BCUT2D eigenvalue weighted by Gasteiger charge is -2.08. The first kappa shape index (κ1) is 12.2. The number of aromatic nitrogens is 2. The van der Waals surface area contributed by atoms with E-state index in [1.165, 1.54) is 5.56 Å². The molecular formula is C16H15ClN2. The zero-order valence-electron chi connectivity index (χ0n) is 11.0. The first-order valence-electron chi connectivity index (χ1n) is 6.38. The average Bonchev–Trinajstić information content (AvgIpc) is 2.82. The van der Waals surface area contributed by atoms with E-state index in [0.717, 1.165) is 21.7 Å². The largest absolute Gasteiger partial charge is 0.299 e. The second-order valence-corrected chi connectivity index (χ2v) is 5.43. The molecule has 0 amide bonds. The summed E-state index contributed by atoms with van der Waals surface area (Å²) in [7, 11) is 0. The highest BCUT2D eigenvalue weighted by atomic mass is 35.5. The van der Waals surface area contributed by atoms with E-state index < -0.39 is 0 Å². The minimum atomic E-state index is 0.512. The summed E-state index contributed by atoms with van der Waals surface area (Å²) < 4.78 is 2.09. The zero-order chi connectivity index (χ0) is 13.4. The van der Waals surface area contributed by atoms with Gasteiger partial charge < -0.3 is 0 Å². The van der Waals surface area contributed by atoms with Crippen molar-refractivity contribution < 1.29 is 0 Å². The van der Waals surface area contributed by atoms with E-state index >= 15 is 0 Å². The first-order valence-corrected chi connectivity index (χ1v) is 6.76. The third-order valence-corrected chi connectivity index (χ3v) is 3.59. The summed E-state index contributed by atoms with van der Waals surface area (Å²) in [6.45, 7) is 4.40. The Morgan fingerprint density at radius 3 is 2.47 bits per heavy atom. The molecule has 0 N–H and O–H groups in total. The number of benzene rings is 2. The van der Waals surface area contributed by atoms with Crippen LogP contribution in [0.25, 0.3) is 16.7 Å². The van der Waals surface area contributed by atoms with Gasteiger partial charge in [0.2, 0.25) is 0 Å². The molecule has 2 nitrogen and oxygen atoms in total. The van der Waals surface area contributed by atoms with Crippen LogP contribution in [0.4, 0.5) is 0 Å². The number of imidazole rings is 1. The van der Waals surface area contributed by atoms with Crippen molar-refractivity contribution in [3.63, 3.8) is 0 Å². The molecule has 3 aromatic rings. The monoisotopic (exact) mass is 270 g/mol. The fourth-order valence-electron chi connectivity index (χ4n) is 2.19. The van der Waals surface area contributed by atoms with E-state index in [2.05, 4.69) is 41.6 Å². The smallest absolute Gasteiger partial charge is 0.100 e. The van der Waals surface area contributed by atoms with Crippen LogP contribution in [0.1, 0.15) is 25.3 Å². The topological polar surface area (TPSA) is 17.8 Å². The first-order chi connectivity index (χ1) is 9.15. The van der Waals surface area contributed by atoms with Gasteiger partial charge in [-0.15, -0.1) is 0 Å². The summed E-state index contributed by atoms with van der Waals surface area (Å²) in [5, 5.41) is 0.746. The van der Waals surface area contributed by atoms with E-state index in [-0.39, 0.29) is 0 Å². The van der Waals surface area contributed by atoms with Crippen LogP contribution in [-0.2, 0) is 0 Å². The molecule has 0 atom stereocenters. The van der Waals surface area contributed by atoms with Crippen LogP contribution in [0, 0.1) is 0 Å². The number of fused-ring (bicyclic) bond motifs is 1. The lowest BCUT2D eigenvalue weighted by Crippen LogP contribution is -1.93. The predicted molar refractivity (Wildman–Crippen MR) is 80.2 cm³/mol. The molecule has 1 aromatic heterocycles. The molecule has 0 unspecified atom stereocenters. The lowest BCUT2D eigenvalue weighted by atomic mass is 10.0. The van der Waals surface area contributed by atoms with Crippen LogP contribution >= 0.6 is 11.6 Å². The van der Waals surface area contributed by atoms with Gasteiger partial charge in [0.05, 0.1) is 11.0 Å². The summed E-state index contributed by atoms with van der Waals surface area (Å²) in [4.78, 5) is 4.45. The predicted octanol–water partition coefficient (Wildman–Crippen LogP) is 4.80. The van der Waals surface area contributed by atoms with Gasteiger partial charge in [-0.3, -0.25) is 4.57 Å². The Bertz CT molecular complexity index is 711. The van der Waals surface area contributed by atoms with E-state index in [1.807, 2.05) is 30.6 Å². The van der Waals surface area contributed by atoms with Crippen molar-refractivity contribution in [2.24, 2.45) is 0 Å². The van der Waals surface area contributed by atoms with Gasteiger partial charge in [-0.25, -0.2) is 4.98 Å². The Balaban J connectivity index is 2.18. The highest BCUT2D eigenvalue weighted by Crippen LogP contribution is 2.23. The van der Waals surface area contributed by atoms with Crippen molar-refractivity contribution in [1.82, 2.24) is 9.55 Å². The van der Waals surface area contributed by atoms with Crippen LogP contribution in [0.5, 0.6) is 0 Å². The van der Waals surface area contributed by atoms with Gasteiger partial charge in [-0.1, -0.05) is 31.5 Å². The van der Waals surface area contributed by atoms with Crippen molar-refractivity contribution in [1.29, 1.82) is 0 Å². The van der Waals surface area contributed by atoms with Gasteiger partial charge in [0.25, 0.3) is 0 Å². The third-order valence-electron chi connectivity index (χ3n) is 3.34. The molecule has 0 spiro atoms. The van der Waals surface area contributed by atoms with Crippen molar-refractivity contribution in [2.75, 3.05) is 0 Å². The van der Waals surface area contributed by atoms with Crippen molar-refractivity contribution >= 4 is 22.6 Å². The molecule has 19 heavy (non-hydrogen) atoms. The molecule has 0 aliphatic rings. The zero-order valence-corrected chi connectivity index (χ0v) is 11.7. The molecule has 0 aliphatic carbocycles. The lowest BCUT2D eigenvalue weighted by molar-refractivity contribution is 0.867. The van der Waals surface area contributed by atoms with E-state index in [9.17, 15) is 0 Å². The van der Waals surface area contributed by atoms with Crippen molar-refractivity contribution in [2.45, 2.75) is 19.8 Å². The number of halogens is 1. The standard InChI is InChI=1S/C16H15ClN2/c1-11(2)12-3-8-15-16(9-12)19(10-18-15)14-6-4-13(17)5-7-14/h3-11H,1-2H3. The average molecular weight is 271 g/mol. The van der Waals surface area contributed by atoms with Crippen LogP contribution in [0.3, 0.4) is 0 Å². The minimum Gasteiger partial charge on any atom is -0.299 e. The second kappa shape index (κ2) is 4.71. The highest BCUT2D eigenvalue weighted by Gasteiger charge is 2.07. The molecule has 0 fully saturated rings. The van der Waals surface area contributed by atoms with E-state index in [4.69, 9.17) is 11.6 Å². The quantitative estimate of drug-likeness (QED) is 0.654. The fourth-order valence-corrected chi connectivity index (χ4v) is 2.32. The van der Waals surface area contributed by atoms with Gasteiger partial charge in [-0.05, 0) is 47.9 Å².